The highest BCUT2D eigenvalue weighted by Gasteiger charge is 2.22. The maximum Gasteiger partial charge on any atom is 0.163 e. The third-order valence-corrected chi connectivity index (χ3v) is 1.97. The van der Waals surface area contributed by atoms with Gasteiger partial charge in [-0.15, -0.1) is 0 Å². The van der Waals surface area contributed by atoms with E-state index in [1.54, 1.807) is 14.2 Å². The summed E-state index contributed by atoms with van der Waals surface area (Å²) in [6.45, 7) is 5.49. The normalized spacial score (nSPS) is 11.6. The van der Waals surface area contributed by atoms with Crippen molar-refractivity contribution in [2.24, 2.45) is 0 Å². The fraction of sp³-hybridized carbons (Fsp3) is 0.667. The van der Waals surface area contributed by atoms with Gasteiger partial charge in [0.2, 0.25) is 0 Å². The highest BCUT2D eigenvalue weighted by Crippen LogP contribution is 2.14. The van der Waals surface area contributed by atoms with Crippen molar-refractivity contribution in [3.63, 3.8) is 0 Å². The van der Waals surface area contributed by atoms with Gasteiger partial charge in [-0.1, -0.05) is 6.58 Å². The molecule has 0 fully saturated rings. The summed E-state index contributed by atoms with van der Waals surface area (Å²) in [5.41, 5.74) is -0.0239. The molecule has 0 aromatic rings. The van der Waals surface area contributed by atoms with Crippen LogP contribution in [0.15, 0.2) is 12.2 Å². The van der Waals surface area contributed by atoms with Gasteiger partial charge < -0.3 is 9.47 Å². The molecule has 0 aliphatic rings. The summed E-state index contributed by atoms with van der Waals surface area (Å²) in [7, 11) is 6.35. The first-order valence-corrected chi connectivity index (χ1v) is 3.08. The minimum absolute atomic E-state index is 0.782. The molecule has 0 atom stereocenters. The highest BCUT2D eigenvalue weighted by atomic mass is 28.1. The molecule has 0 amide bonds. The number of ether oxygens (including phenoxy) is 2. The Morgan fingerprint density at radius 2 is 1.78 bits per heavy atom. The molecule has 0 N–H and O–H groups in total. The van der Waals surface area contributed by atoms with Crippen LogP contribution in [0.5, 0.6) is 0 Å². The lowest BCUT2D eigenvalue weighted by Crippen LogP contribution is -2.34. The summed E-state index contributed by atoms with van der Waals surface area (Å²) in [6.07, 6.45) is 0. The first-order valence-electron chi connectivity index (χ1n) is 2.58. The van der Waals surface area contributed by atoms with Gasteiger partial charge in [-0.2, -0.15) is 0 Å². The van der Waals surface area contributed by atoms with E-state index in [1.807, 2.05) is 6.92 Å². The van der Waals surface area contributed by atoms with E-state index in [9.17, 15) is 0 Å². The van der Waals surface area contributed by atoms with Crippen LogP contribution in [0.1, 0.15) is 6.92 Å². The second-order valence-electron chi connectivity index (χ2n) is 1.81. The first-order chi connectivity index (χ1) is 4.06. The van der Waals surface area contributed by atoms with E-state index >= 15 is 0 Å². The monoisotopic (exact) mass is 143 g/mol. The number of hydrogen-bond donors (Lipinski definition) is 0. The van der Waals surface area contributed by atoms with E-state index in [1.165, 1.54) is 0 Å². The van der Waals surface area contributed by atoms with Crippen molar-refractivity contribution >= 4 is 10.2 Å². The zero-order chi connectivity index (χ0) is 7.49. The molecule has 0 aliphatic heterocycles. The van der Waals surface area contributed by atoms with Crippen molar-refractivity contribution < 1.29 is 9.47 Å². The van der Waals surface area contributed by atoms with Crippen LogP contribution in [0, 0.1) is 0 Å². The largest absolute Gasteiger partial charge is 0.354 e. The Balaban J connectivity index is 4.09. The van der Waals surface area contributed by atoms with E-state index < -0.39 is 5.41 Å². The average molecular weight is 143 g/mol. The number of rotatable bonds is 3. The summed E-state index contributed by atoms with van der Waals surface area (Å²) >= 11 is 0. The average Bonchev–Trinajstić information content (AvgIpc) is 1.86. The van der Waals surface area contributed by atoms with Crippen LogP contribution >= 0.6 is 0 Å². The summed E-state index contributed by atoms with van der Waals surface area (Å²) < 4.78 is 9.88. The van der Waals surface area contributed by atoms with Crippen LogP contribution in [-0.4, -0.2) is 29.9 Å². The van der Waals surface area contributed by atoms with Gasteiger partial charge in [-0.05, 0) is 12.5 Å². The standard InChI is InChI=1S/C6H11O2Si/c1-5(2)6(9,7-3)8-4/h1H2,2-4H3. The lowest BCUT2D eigenvalue weighted by Gasteiger charge is -2.26. The molecule has 0 aromatic carbocycles. The van der Waals surface area contributed by atoms with Gasteiger partial charge >= 0.3 is 0 Å². The molecule has 0 aromatic heterocycles. The molecule has 51 valence electrons. The Morgan fingerprint density at radius 3 is 1.78 bits per heavy atom. The minimum atomic E-state index is -0.806. The van der Waals surface area contributed by atoms with Gasteiger partial charge in [0.1, 0.15) is 10.2 Å². The van der Waals surface area contributed by atoms with E-state index in [0.29, 0.717) is 0 Å². The van der Waals surface area contributed by atoms with Crippen LogP contribution in [0.2, 0.25) is 0 Å². The summed E-state index contributed by atoms with van der Waals surface area (Å²) in [4.78, 5) is 0. The Morgan fingerprint density at radius 1 is 1.44 bits per heavy atom. The quantitative estimate of drug-likeness (QED) is 0.328. The number of hydrogen-bond acceptors (Lipinski definition) is 2. The molecule has 3 radical (unpaired) electrons. The maximum absolute atomic E-state index is 4.94. The molecule has 0 bridgehead atoms. The molecule has 0 spiro atoms. The van der Waals surface area contributed by atoms with Crippen molar-refractivity contribution in [1.82, 2.24) is 0 Å². The minimum Gasteiger partial charge on any atom is -0.354 e. The van der Waals surface area contributed by atoms with E-state index in [0.717, 1.165) is 5.57 Å². The summed E-state index contributed by atoms with van der Waals surface area (Å²) in [6, 6.07) is 0. The van der Waals surface area contributed by atoms with Crippen LogP contribution in [0.4, 0.5) is 0 Å². The third kappa shape index (κ3) is 1.93. The molecule has 3 heteroatoms. The molecular weight excluding hydrogens is 132 g/mol. The lowest BCUT2D eigenvalue weighted by molar-refractivity contribution is -0.113. The SMILES string of the molecule is C=C(C)C([Si])(OC)OC. The number of methoxy groups -OCH3 is 2. The van der Waals surface area contributed by atoms with Gasteiger partial charge in [0.25, 0.3) is 0 Å². The molecular formula is C6H11O2Si. The fourth-order valence-electron chi connectivity index (χ4n) is 0.432. The second kappa shape index (κ2) is 3.15. The molecule has 0 unspecified atom stereocenters. The highest BCUT2D eigenvalue weighted by molar-refractivity contribution is 6.15. The second-order valence-corrected chi connectivity index (χ2v) is 2.46. The zero-order valence-corrected chi connectivity index (χ0v) is 7.02. The van der Waals surface area contributed by atoms with E-state index in [-0.39, 0.29) is 0 Å². The van der Waals surface area contributed by atoms with Crippen molar-refractivity contribution in [2.45, 2.75) is 12.3 Å². The fourth-order valence-corrected chi connectivity index (χ4v) is 0.432. The first kappa shape index (κ1) is 8.88. The van der Waals surface area contributed by atoms with Gasteiger partial charge in [-0.3, -0.25) is 0 Å². The molecule has 2 nitrogen and oxygen atoms in total. The summed E-state index contributed by atoms with van der Waals surface area (Å²) in [5.74, 6) is 0. The van der Waals surface area contributed by atoms with E-state index in [4.69, 9.17) is 9.47 Å². The van der Waals surface area contributed by atoms with Gasteiger partial charge in [0.15, 0.2) is 5.41 Å². The van der Waals surface area contributed by atoms with Crippen molar-refractivity contribution in [1.29, 1.82) is 0 Å². The summed E-state index contributed by atoms with van der Waals surface area (Å²) in [5, 5.41) is 0. The molecule has 0 saturated heterocycles. The molecule has 0 aliphatic carbocycles. The van der Waals surface area contributed by atoms with E-state index in [2.05, 4.69) is 16.8 Å². The van der Waals surface area contributed by atoms with Crippen molar-refractivity contribution in [3.8, 4) is 0 Å². The van der Waals surface area contributed by atoms with Crippen molar-refractivity contribution in [2.75, 3.05) is 14.2 Å². The smallest absolute Gasteiger partial charge is 0.163 e. The predicted molar refractivity (Wildman–Crippen MR) is 37.3 cm³/mol. The maximum atomic E-state index is 4.94. The van der Waals surface area contributed by atoms with Crippen LogP contribution in [-0.2, 0) is 9.47 Å². The van der Waals surface area contributed by atoms with Gasteiger partial charge in [-0.25, -0.2) is 0 Å². The Bertz CT molecular complexity index is 108. The zero-order valence-electron chi connectivity index (χ0n) is 6.02. The Hall–Kier alpha value is -0.123. The van der Waals surface area contributed by atoms with Crippen LogP contribution in [0.25, 0.3) is 0 Å². The van der Waals surface area contributed by atoms with Gasteiger partial charge in [0, 0.05) is 14.2 Å². The Labute approximate surface area is 59.3 Å². The predicted octanol–water partition coefficient (Wildman–Crippen LogP) is 0.678. The van der Waals surface area contributed by atoms with Crippen LogP contribution < -0.4 is 0 Å². The third-order valence-electron chi connectivity index (χ3n) is 1.14. The van der Waals surface area contributed by atoms with Crippen LogP contribution in [0.3, 0.4) is 0 Å². The molecule has 0 rings (SSSR count). The van der Waals surface area contributed by atoms with Crippen molar-refractivity contribution in [3.05, 3.63) is 12.2 Å². The Kier molecular flexibility index (Phi) is 3.11. The van der Waals surface area contributed by atoms with Gasteiger partial charge in [0.05, 0.1) is 0 Å². The lowest BCUT2D eigenvalue weighted by atomic mass is 10.3. The topological polar surface area (TPSA) is 18.5 Å². The molecule has 9 heavy (non-hydrogen) atoms. The molecule has 0 heterocycles. The molecule has 0 saturated carbocycles.